The molecule has 0 spiro atoms. The van der Waals surface area contributed by atoms with Crippen LogP contribution in [0, 0.1) is 0 Å². The van der Waals surface area contributed by atoms with Crippen LogP contribution in [0.2, 0.25) is 0 Å². The summed E-state index contributed by atoms with van der Waals surface area (Å²) in [4.78, 5) is 24.3. The molecule has 1 fully saturated rings. The second kappa shape index (κ2) is 13.7. The number of alkyl halides is 3. The number of aromatic hydroxyl groups is 1. The van der Waals surface area contributed by atoms with Crippen molar-refractivity contribution in [2.75, 3.05) is 13.1 Å². The maximum absolute atomic E-state index is 13.5. The Morgan fingerprint density at radius 3 is 2.36 bits per heavy atom. The van der Waals surface area contributed by atoms with Gasteiger partial charge in [0.25, 0.3) is 5.91 Å². The second-order valence-corrected chi connectivity index (χ2v) is 10.5. The fourth-order valence-corrected chi connectivity index (χ4v) is 5.41. The van der Waals surface area contributed by atoms with E-state index in [1.807, 2.05) is 59.5 Å². The lowest BCUT2D eigenvalue weighted by atomic mass is 9.88. The van der Waals surface area contributed by atoms with Crippen molar-refractivity contribution < 1.29 is 37.7 Å². The van der Waals surface area contributed by atoms with E-state index in [1.165, 1.54) is 12.8 Å². The van der Waals surface area contributed by atoms with Crippen LogP contribution in [0.4, 0.5) is 13.2 Å². The van der Waals surface area contributed by atoms with Crippen molar-refractivity contribution in [3.63, 3.8) is 0 Å². The molecule has 0 aromatic heterocycles. The van der Waals surface area contributed by atoms with Crippen LogP contribution in [0.3, 0.4) is 0 Å². The molecule has 42 heavy (non-hydrogen) atoms. The van der Waals surface area contributed by atoms with E-state index in [0.29, 0.717) is 24.6 Å². The maximum Gasteiger partial charge on any atom is 0.490 e. The quantitative estimate of drug-likeness (QED) is 0.333. The van der Waals surface area contributed by atoms with Crippen molar-refractivity contribution in [2.24, 2.45) is 0 Å². The number of hydrogen-bond acceptors (Lipinski definition) is 5. The third-order valence-corrected chi connectivity index (χ3v) is 7.60. The van der Waals surface area contributed by atoms with Crippen molar-refractivity contribution in [2.45, 2.75) is 63.4 Å². The van der Waals surface area contributed by atoms with Gasteiger partial charge >= 0.3 is 12.1 Å². The summed E-state index contributed by atoms with van der Waals surface area (Å²) >= 11 is 0. The second-order valence-electron chi connectivity index (χ2n) is 10.5. The average molecular weight is 585 g/mol. The Kier molecular flexibility index (Phi) is 10.1. The summed E-state index contributed by atoms with van der Waals surface area (Å²) in [5, 5.41) is 20.7. The zero-order valence-corrected chi connectivity index (χ0v) is 23.3. The molecule has 10 heteroatoms. The van der Waals surface area contributed by atoms with E-state index in [9.17, 15) is 23.1 Å². The summed E-state index contributed by atoms with van der Waals surface area (Å²) in [6.07, 6.45) is 0.128. The van der Waals surface area contributed by atoms with E-state index in [0.717, 1.165) is 41.8 Å². The number of fused-ring (bicyclic) bond motifs is 1. The molecule has 1 amide bonds. The Hall–Kier alpha value is -4.05. The highest BCUT2D eigenvalue weighted by molar-refractivity contribution is 5.94. The topological polar surface area (TPSA) is 99.1 Å². The van der Waals surface area contributed by atoms with Gasteiger partial charge in [-0.2, -0.15) is 13.2 Å². The highest BCUT2D eigenvalue weighted by Crippen LogP contribution is 2.35. The molecule has 3 atom stereocenters. The minimum atomic E-state index is -5.08. The number of phenols is 1. The largest absolute Gasteiger partial charge is 0.508 e. The number of phenolic OH excluding ortho intramolecular Hbond substituents is 1. The summed E-state index contributed by atoms with van der Waals surface area (Å²) < 4.78 is 38.0. The van der Waals surface area contributed by atoms with Crippen LogP contribution < -0.4 is 10.1 Å². The number of hydrogen-bond donors (Lipinski definition) is 3. The number of carbonyl (C=O) groups is 2. The number of carbonyl (C=O) groups excluding carboxylic acids is 1. The number of aliphatic carboxylic acids is 1. The van der Waals surface area contributed by atoms with Crippen LogP contribution in [-0.2, 0) is 17.6 Å². The van der Waals surface area contributed by atoms with Gasteiger partial charge in [0.05, 0.1) is 6.04 Å². The Labute approximate surface area is 242 Å². The molecule has 0 bridgehead atoms. The lowest BCUT2D eigenvalue weighted by Gasteiger charge is -2.38. The first kappa shape index (κ1) is 30.9. The molecule has 2 aliphatic heterocycles. The van der Waals surface area contributed by atoms with E-state index in [2.05, 4.69) is 24.4 Å². The molecule has 0 radical (unpaired) electrons. The molecule has 224 valence electrons. The van der Waals surface area contributed by atoms with Gasteiger partial charge in [0.1, 0.15) is 17.6 Å². The molecule has 1 saturated heterocycles. The summed E-state index contributed by atoms with van der Waals surface area (Å²) in [6.45, 7) is 3.83. The molecule has 0 saturated carbocycles. The first-order chi connectivity index (χ1) is 20.0. The van der Waals surface area contributed by atoms with Crippen LogP contribution in [-0.4, -0.2) is 58.4 Å². The maximum atomic E-state index is 13.5. The summed E-state index contributed by atoms with van der Waals surface area (Å²) in [7, 11) is 0. The molecule has 0 aliphatic carbocycles. The summed E-state index contributed by atoms with van der Waals surface area (Å²) in [6, 6.07) is 23.6. The normalized spacial score (nSPS) is 19.1. The molecule has 3 aromatic rings. The van der Waals surface area contributed by atoms with E-state index in [-0.39, 0.29) is 23.8 Å². The minimum Gasteiger partial charge on any atom is -0.508 e. The van der Waals surface area contributed by atoms with Gasteiger partial charge in [0, 0.05) is 18.2 Å². The third kappa shape index (κ3) is 8.03. The average Bonchev–Trinajstić information content (AvgIpc) is 2.98. The number of nitrogens with zero attached hydrogens (tertiary/aromatic N) is 1. The number of ether oxygens (including phenoxy) is 1. The molecule has 5 rings (SSSR count). The van der Waals surface area contributed by atoms with Crippen molar-refractivity contribution in [1.82, 2.24) is 10.2 Å². The van der Waals surface area contributed by atoms with Gasteiger partial charge in [0.15, 0.2) is 0 Å². The van der Waals surface area contributed by atoms with Gasteiger partial charge in [0.2, 0.25) is 0 Å². The summed E-state index contributed by atoms with van der Waals surface area (Å²) in [5.41, 5.74) is 4.07. The molecule has 2 heterocycles. The van der Waals surface area contributed by atoms with E-state index >= 15 is 0 Å². The first-order valence-corrected chi connectivity index (χ1v) is 14.0. The third-order valence-electron chi connectivity index (χ3n) is 7.60. The standard InChI is InChI=1S/C30H34N2O3.C2HF3O2/c1-21(28-9-5-6-17-31-28)35-26-13-10-22(11-14-26)19-29-27-15-12-25(33)20-24(27)16-18-32(29)30(34)23-7-3-2-4-8-23;3-2(4,5)1(6)7/h2-4,7-8,10-15,20-21,28-29,31,33H,5-6,9,16-19H2,1H3;(H,6,7). The molecule has 3 unspecified atom stereocenters. The molecular weight excluding hydrogens is 549 g/mol. The van der Waals surface area contributed by atoms with Gasteiger partial charge in [-0.05, 0) is 92.2 Å². The molecule has 3 N–H and O–H groups in total. The lowest BCUT2D eigenvalue weighted by molar-refractivity contribution is -0.192. The summed E-state index contributed by atoms with van der Waals surface area (Å²) in [5.74, 6) is -1.57. The van der Waals surface area contributed by atoms with Crippen LogP contribution in [0.15, 0.2) is 72.8 Å². The van der Waals surface area contributed by atoms with Crippen molar-refractivity contribution in [3.8, 4) is 11.5 Å². The highest BCUT2D eigenvalue weighted by atomic mass is 19.4. The zero-order valence-electron chi connectivity index (χ0n) is 23.3. The monoisotopic (exact) mass is 584 g/mol. The number of amides is 1. The van der Waals surface area contributed by atoms with Crippen molar-refractivity contribution in [1.29, 1.82) is 0 Å². The molecular formula is C32H35F3N2O5. The van der Waals surface area contributed by atoms with Gasteiger partial charge < -0.3 is 25.2 Å². The highest BCUT2D eigenvalue weighted by Gasteiger charge is 2.38. The molecule has 2 aliphatic rings. The van der Waals surface area contributed by atoms with Crippen LogP contribution >= 0.6 is 0 Å². The number of carboxylic acids is 1. The van der Waals surface area contributed by atoms with Gasteiger partial charge in [-0.15, -0.1) is 0 Å². The lowest BCUT2D eigenvalue weighted by Crippen LogP contribution is -2.44. The predicted octanol–water partition coefficient (Wildman–Crippen LogP) is 5.92. The van der Waals surface area contributed by atoms with E-state index in [4.69, 9.17) is 14.6 Å². The molecule has 7 nitrogen and oxygen atoms in total. The predicted molar refractivity (Wildman–Crippen MR) is 152 cm³/mol. The number of benzene rings is 3. The smallest absolute Gasteiger partial charge is 0.490 e. The van der Waals surface area contributed by atoms with Crippen molar-refractivity contribution >= 4 is 11.9 Å². The minimum absolute atomic E-state index is 0.0445. The van der Waals surface area contributed by atoms with Crippen LogP contribution in [0.5, 0.6) is 11.5 Å². The number of halogens is 3. The Morgan fingerprint density at radius 1 is 1.05 bits per heavy atom. The van der Waals surface area contributed by atoms with Crippen molar-refractivity contribution in [3.05, 3.63) is 95.1 Å². The Balaban J connectivity index is 0.000000517. The fraction of sp³-hybridized carbons (Fsp3) is 0.375. The Bertz CT molecular complexity index is 1340. The number of piperidine rings is 1. The number of nitrogens with one attached hydrogen (secondary N) is 1. The van der Waals surface area contributed by atoms with E-state index < -0.39 is 12.1 Å². The Morgan fingerprint density at radius 2 is 1.74 bits per heavy atom. The van der Waals surface area contributed by atoms with Crippen LogP contribution in [0.1, 0.15) is 59.3 Å². The SMILES string of the molecule is CC(Oc1ccc(CC2c3ccc(O)cc3CCN2C(=O)c2ccccc2)cc1)C1CCCCN1.O=C(O)C(F)(F)F. The molecule has 3 aromatic carbocycles. The van der Waals surface area contributed by atoms with Gasteiger partial charge in [-0.1, -0.05) is 42.8 Å². The van der Waals surface area contributed by atoms with Crippen LogP contribution in [0.25, 0.3) is 0 Å². The zero-order chi connectivity index (χ0) is 30.3. The fourth-order valence-electron chi connectivity index (χ4n) is 5.41. The van der Waals surface area contributed by atoms with Gasteiger partial charge in [-0.25, -0.2) is 4.79 Å². The number of rotatable bonds is 6. The van der Waals surface area contributed by atoms with E-state index in [1.54, 1.807) is 6.07 Å². The first-order valence-electron chi connectivity index (χ1n) is 14.0. The number of carboxylic acid groups (broad SMARTS) is 1. The van der Waals surface area contributed by atoms with Gasteiger partial charge in [-0.3, -0.25) is 4.79 Å².